The summed E-state index contributed by atoms with van der Waals surface area (Å²) in [5.41, 5.74) is 0. The predicted molar refractivity (Wildman–Crippen MR) is 53.3 cm³/mol. The van der Waals surface area contributed by atoms with Gasteiger partial charge in [0.1, 0.15) is 6.61 Å². The van der Waals surface area contributed by atoms with Crippen LogP contribution in [0.3, 0.4) is 0 Å². The third-order valence-corrected chi connectivity index (χ3v) is 2.71. The quantitative estimate of drug-likeness (QED) is 0.736. The van der Waals surface area contributed by atoms with E-state index in [1.54, 1.807) is 0 Å². The summed E-state index contributed by atoms with van der Waals surface area (Å²) in [7, 11) is 2.08. The summed E-state index contributed by atoms with van der Waals surface area (Å²) in [6.07, 6.45) is 4.87. The van der Waals surface area contributed by atoms with Crippen molar-refractivity contribution >= 4 is 5.97 Å². The van der Waals surface area contributed by atoms with Crippen LogP contribution in [0.25, 0.3) is 0 Å². The van der Waals surface area contributed by atoms with Gasteiger partial charge in [-0.25, -0.2) is 4.79 Å². The van der Waals surface area contributed by atoms with Crippen molar-refractivity contribution in [2.75, 3.05) is 26.8 Å². The lowest BCUT2D eigenvalue weighted by Gasteiger charge is -2.24. The Morgan fingerprint density at radius 3 is 3.00 bits per heavy atom. The van der Waals surface area contributed by atoms with E-state index in [1.807, 2.05) is 0 Å². The Bertz CT molecular complexity index is 184. The Labute approximate surface area is 84.8 Å². The third kappa shape index (κ3) is 4.07. The van der Waals surface area contributed by atoms with Crippen LogP contribution < -0.4 is 0 Å². The predicted octanol–water partition coefficient (Wildman–Crippen LogP) is 0.962. The fraction of sp³-hybridized carbons (Fsp3) is 0.900. The SMILES string of the molecule is CN1CCCCCC1COCC(=O)O. The van der Waals surface area contributed by atoms with Gasteiger partial charge in [0.2, 0.25) is 0 Å². The normalized spacial score (nSPS) is 24.5. The van der Waals surface area contributed by atoms with Crippen molar-refractivity contribution in [3.05, 3.63) is 0 Å². The molecular weight excluding hydrogens is 182 g/mol. The van der Waals surface area contributed by atoms with E-state index in [-0.39, 0.29) is 6.61 Å². The fourth-order valence-electron chi connectivity index (χ4n) is 1.81. The first-order valence-electron chi connectivity index (χ1n) is 5.20. The molecule has 0 radical (unpaired) electrons. The van der Waals surface area contributed by atoms with Crippen LogP contribution in [0.4, 0.5) is 0 Å². The summed E-state index contributed by atoms with van der Waals surface area (Å²) in [6, 6.07) is 0.400. The van der Waals surface area contributed by atoms with E-state index in [9.17, 15) is 4.79 Å². The van der Waals surface area contributed by atoms with Gasteiger partial charge in [0.05, 0.1) is 6.61 Å². The highest BCUT2D eigenvalue weighted by atomic mass is 16.5. The molecule has 14 heavy (non-hydrogen) atoms. The summed E-state index contributed by atoms with van der Waals surface area (Å²) in [5.74, 6) is -0.888. The second-order valence-corrected chi connectivity index (χ2v) is 3.89. The molecule has 1 aliphatic rings. The molecule has 0 bridgehead atoms. The number of carbonyl (C=O) groups is 1. The van der Waals surface area contributed by atoms with Crippen molar-refractivity contribution in [1.82, 2.24) is 4.90 Å². The molecule has 0 aromatic carbocycles. The number of hydrogen-bond acceptors (Lipinski definition) is 3. The average molecular weight is 201 g/mol. The van der Waals surface area contributed by atoms with Crippen LogP contribution in [0.1, 0.15) is 25.7 Å². The number of likely N-dealkylation sites (N-methyl/N-ethyl adjacent to an activating group) is 1. The minimum absolute atomic E-state index is 0.176. The summed E-state index contributed by atoms with van der Waals surface area (Å²) >= 11 is 0. The van der Waals surface area contributed by atoms with Gasteiger partial charge in [-0.3, -0.25) is 0 Å². The van der Waals surface area contributed by atoms with E-state index in [4.69, 9.17) is 9.84 Å². The summed E-state index contributed by atoms with van der Waals surface area (Å²) in [5, 5.41) is 8.43. The molecule has 82 valence electrons. The Morgan fingerprint density at radius 2 is 2.29 bits per heavy atom. The smallest absolute Gasteiger partial charge is 0.329 e. The first kappa shape index (κ1) is 11.5. The van der Waals surface area contributed by atoms with Crippen LogP contribution in [0.15, 0.2) is 0 Å². The van der Waals surface area contributed by atoms with Crippen molar-refractivity contribution < 1.29 is 14.6 Å². The highest BCUT2D eigenvalue weighted by Gasteiger charge is 2.17. The number of carboxylic acid groups (broad SMARTS) is 1. The average Bonchev–Trinajstić information content (AvgIpc) is 2.31. The van der Waals surface area contributed by atoms with E-state index in [2.05, 4.69) is 11.9 Å². The maximum atomic E-state index is 10.3. The Balaban J connectivity index is 2.22. The van der Waals surface area contributed by atoms with Gasteiger partial charge < -0.3 is 14.7 Å². The molecule has 1 aliphatic heterocycles. The number of carboxylic acids is 1. The lowest BCUT2D eigenvalue weighted by Crippen LogP contribution is -2.35. The van der Waals surface area contributed by atoms with Crippen molar-refractivity contribution in [3.63, 3.8) is 0 Å². The minimum Gasteiger partial charge on any atom is -0.480 e. The lowest BCUT2D eigenvalue weighted by molar-refractivity contribution is -0.142. The number of rotatable bonds is 4. The molecule has 1 fully saturated rings. The first-order chi connectivity index (χ1) is 6.70. The maximum Gasteiger partial charge on any atom is 0.329 e. The molecule has 0 spiro atoms. The minimum atomic E-state index is -0.888. The number of aliphatic carboxylic acids is 1. The molecular formula is C10H19NO3. The zero-order valence-corrected chi connectivity index (χ0v) is 8.74. The summed E-state index contributed by atoms with van der Waals surface area (Å²) < 4.78 is 5.12. The molecule has 0 aromatic rings. The molecule has 1 N–H and O–H groups in total. The highest BCUT2D eigenvalue weighted by Crippen LogP contribution is 2.15. The Kier molecular flexibility index (Phi) is 4.90. The third-order valence-electron chi connectivity index (χ3n) is 2.71. The van der Waals surface area contributed by atoms with Gasteiger partial charge in [-0.15, -0.1) is 0 Å². The molecule has 0 aromatic heterocycles. The van der Waals surface area contributed by atoms with Crippen LogP contribution in [0, 0.1) is 0 Å². The molecule has 1 saturated heterocycles. The van der Waals surface area contributed by atoms with Crippen molar-refractivity contribution in [1.29, 1.82) is 0 Å². The van der Waals surface area contributed by atoms with Crippen LogP contribution in [-0.2, 0) is 9.53 Å². The zero-order chi connectivity index (χ0) is 10.4. The summed E-state index contributed by atoms with van der Waals surface area (Å²) in [6.45, 7) is 1.47. The number of ether oxygens (including phenoxy) is 1. The molecule has 1 rings (SSSR count). The maximum absolute atomic E-state index is 10.3. The Morgan fingerprint density at radius 1 is 1.50 bits per heavy atom. The van der Waals surface area contributed by atoms with Crippen LogP contribution in [-0.4, -0.2) is 48.8 Å². The van der Waals surface area contributed by atoms with Gasteiger partial charge >= 0.3 is 5.97 Å². The van der Waals surface area contributed by atoms with Gasteiger partial charge in [-0.05, 0) is 26.4 Å². The number of nitrogens with zero attached hydrogens (tertiary/aromatic N) is 1. The van der Waals surface area contributed by atoms with E-state index in [0.29, 0.717) is 12.6 Å². The van der Waals surface area contributed by atoms with E-state index < -0.39 is 5.97 Å². The van der Waals surface area contributed by atoms with E-state index >= 15 is 0 Å². The van der Waals surface area contributed by atoms with Gasteiger partial charge in [0.15, 0.2) is 0 Å². The van der Waals surface area contributed by atoms with Crippen molar-refractivity contribution in [2.45, 2.75) is 31.7 Å². The second kappa shape index (κ2) is 5.98. The molecule has 0 aliphatic carbocycles. The van der Waals surface area contributed by atoms with Crippen LogP contribution in [0.5, 0.6) is 0 Å². The van der Waals surface area contributed by atoms with E-state index in [0.717, 1.165) is 13.0 Å². The fourth-order valence-corrected chi connectivity index (χ4v) is 1.81. The zero-order valence-electron chi connectivity index (χ0n) is 8.74. The highest BCUT2D eigenvalue weighted by molar-refractivity contribution is 5.67. The largest absolute Gasteiger partial charge is 0.480 e. The van der Waals surface area contributed by atoms with Gasteiger partial charge in [0, 0.05) is 6.04 Å². The van der Waals surface area contributed by atoms with E-state index in [1.165, 1.54) is 19.3 Å². The summed E-state index contributed by atoms with van der Waals surface area (Å²) in [4.78, 5) is 12.5. The number of hydrogen-bond donors (Lipinski definition) is 1. The molecule has 4 heteroatoms. The van der Waals surface area contributed by atoms with Gasteiger partial charge in [-0.2, -0.15) is 0 Å². The first-order valence-corrected chi connectivity index (χ1v) is 5.20. The standard InChI is InChI=1S/C10H19NO3/c1-11-6-4-2-3-5-9(11)7-14-8-10(12)13/h9H,2-8H2,1H3,(H,12,13). The molecule has 1 unspecified atom stereocenters. The second-order valence-electron chi connectivity index (χ2n) is 3.89. The van der Waals surface area contributed by atoms with Crippen molar-refractivity contribution in [3.8, 4) is 0 Å². The number of likely N-dealkylation sites (tertiary alicyclic amines) is 1. The Hall–Kier alpha value is -0.610. The molecule has 0 saturated carbocycles. The molecule has 0 amide bonds. The van der Waals surface area contributed by atoms with Crippen LogP contribution >= 0.6 is 0 Å². The molecule has 1 atom stereocenters. The molecule has 1 heterocycles. The lowest BCUT2D eigenvalue weighted by atomic mass is 10.1. The van der Waals surface area contributed by atoms with Crippen molar-refractivity contribution in [2.24, 2.45) is 0 Å². The van der Waals surface area contributed by atoms with Gasteiger partial charge in [0.25, 0.3) is 0 Å². The van der Waals surface area contributed by atoms with Crippen LogP contribution in [0.2, 0.25) is 0 Å². The van der Waals surface area contributed by atoms with Gasteiger partial charge in [-0.1, -0.05) is 12.8 Å². The topological polar surface area (TPSA) is 49.8 Å². The molecule has 4 nitrogen and oxygen atoms in total. The monoisotopic (exact) mass is 201 g/mol.